The first-order chi connectivity index (χ1) is 11.1. The Morgan fingerprint density at radius 1 is 1.39 bits per heavy atom. The first-order valence-corrected chi connectivity index (χ1v) is 10.4. The molecule has 1 amide bonds. The molecule has 1 unspecified atom stereocenters. The Labute approximate surface area is 147 Å². The van der Waals surface area contributed by atoms with E-state index in [1.165, 1.54) is 30.0 Å². The molecule has 1 aromatic heterocycles. The number of rotatable bonds is 5. The largest absolute Gasteiger partial charge is 0.353 e. The van der Waals surface area contributed by atoms with E-state index in [1.807, 2.05) is 11.8 Å². The summed E-state index contributed by atoms with van der Waals surface area (Å²) in [6.07, 6.45) is 7.63. The predicted molar refractivity (Wildman–Crippen MR) is 97.2 cm³/mol. The van der Waals surface area contributed by atoms with Crippen LogP contribution in [0.25, 0.3) is 0 Å². The van der Waals surface area contributed by atoms with E-state index in [-0.39, 0.29) is 5.91 Å². The summed E-state index contributed by atoms with van der Waals surface area (Å²) in [4.78, 5) is 19.1. The van der Waals surface area contributed by atoms with E-state index in [2.05, 4.69) is 34.6 Å². The van der Waals surface area contributed by atoms with E-state index in [0.29, 0.717) is 23.8 Å². The SMILES string of the molecule is Cc1csc(SC2CCC(NC(=O)CC3CCCN3C)CC2)n1. The average molecular weight is 354 g/mol. The van der Waals surface area contributed by atoms with Gasteiger partial charge in [-0.05, 0) is 59.0 Å². The van der Waals surface area contributed by atoms with E-state index in [1.54, 1.807) is 11.3 Å². The van der Waals surface area contributed by atoms with Crippen molar-refractivity contribution in [3.05, 3.63) is 11.1 Å². The van der Waals surface area contributed by atoms with Crippen LogP contribution in [0.1, 0.15) is 50.6 Å². The van der Waals surface area contributed by atoms with Gasteiger partial charge >= 0.3 is 0 Å². The number of nitrogens with zero attached hydrogens (tertiary/aromatic N) is 2. The minimum atomic E-state index is 0.246. The van der Waals surface area contributed by atoms with Crippen LogP contribution < -0.4 is 5.32 Å². The van der Waals surface area contributed by atoms with Crippen LogP contribution in [-0.4, -0.2) is 46.7 Å². The van der Waals surface area contributed by atoms with Crippen molar-refractivity contribution >= 4 is 29.0 Å². The van der Waals surface area contributed by atoms with Crippen LogP contribution in [-0.2, 0) is 4.79 Å². The minimum absolute atomic E-state index is 0.246. The molecule has 1 aliphatic carbocycles. The summed E-state index contributed by atoms with van der Waals surface area (Å²) in [5, 5.41) is 6.05. The maximum absolute atomic E-state index is 12.2. The lowest BCUT2D eigenvalue weighted by Crippen LogP contribution is -2.40. The Bertz CT molecular complexity index is 526. The van der Waals surface area contributed by atoms with Crippen molar-refractivity contribution in [3.63, 3.8) is 0 Å². The summed E-state index contributed by atoms with van der Waals surface area (Å²) in [6.45, 7) is 3.19. The summed E-state index contributed by atoms with van der Waals surface area (Å²) < 4.78 is 1.19. The Balaban J connectivity index is 1.38. The molecule has 1 saturated carbocycles. The molecule has 0 aromatic carbocycles. The van der Waals surface area contributed by atoms with E-state index >= 15 is 0 Å². The van der Waals surface area contributed by atoms with Crippen molar-refractivity contribution in [2.45, 2.75) is 73.5 Å². The highest BCUT2D eigenvalue weighted by atomic mass is 32.2. The molecule has 128 valence electrons. The number of amides is 1. The third-order valence-electron chi connectivity index (χ3n) is 5.00. The molecule has 2 aliphatic rings. The first-order valence-electron chi connectivity index (χ1n) is 8.68. The lowest BCUT2D eigenvalue weighted by molar-refractivity contribution is -0.122. The molecule has 6 heteroatoms. The lowest BCUT2D eigenvalue weighted by atomic mass is 9.94. The van der Waals surface area contributed by atoms with Crippen molar-refractivity contribution < 1.29 is 4.79 Å². The highest BCUT2D eigenvalue weighted by Crippen LogP contribution is 2.35. The second-order valence-corrected chi connectivity index (χ2v) is 9.30. The summed E-state index contributed by atoms with van der Waals surface area (Å²) in [7, 11) is 2.13. The number of carbonyl (C=O) groups excluding carboxylic acids is 1. The Morgan fingerprint density at radius 3 is 2.78 bits per heavy atom. The molecule has 4 nitrogen and oxygen atoms in total. The second kappa shape index (κ2) is 7.99. The maximum atomic E-state index is 12.2. The van der Waals surface area contributed by atoms with Crippen LogP contribution in [0, 0.1) is 6.92 Å². The molecule has 1 N–H and O–H groups in total. The third kappa shape index (κ3) is 4.94. The molecule has 2 fully saturated rings. The molecule has 23 heavy (non-hydrogen) atoms. The number of thioether (sulfide) groups is 1. The van der Waals surface area contributed by atoms with Gasteiger partial charge in [0, 0.05) is 34.8 Å². The van der Waals surface area contributed by atoms with Crippen molar-refractivity contribution in [1.29, 1.82) is 0 Å². The Hall–Kier alpha value is -0.590. The number of aryl methyl sites for hydroxylation is 1. The zero-order valence-electron chi connectivity index (χ0n) is 14.1. The van der Waals surface area contributed by atoms with Crippen molar-refractivity contribution in [2.75, 3.05) is 13.6 Å². The van der Waals surface area contributed by atoms with Gasteiger partial charge in [0.15, 0.2) is 0 Å². The van der Waals surface area contributed by atoms with Gasteiger partial charge in [-0.15, -0.1) is 11.3 Å². The van der Waals surface area contributed by atoms with Crippen LogP contribution >= 0.6 is 23.1 Å². The molecular weight excluding hydrogens is 326 g/mol. The first kappa shape index (κ1) is 17.2. The van der Waals surface area contributed by atoms with Crippen molar-refractivity contribution in [1.82, 2.24) is 15.2 Å². The Kier molecular flexibility index (Phi) is 5.99. The lowest BCUT2D eigenvalue weighted by Gasteiger charge is -2.29. The van der Waals surface area contributed by atoms with Gasteiger partial charge in [0.1, 0.15) is 4.34 Å². The molecule has 1 saturated heterocycles. The summed E-state index contributed by atoms with van der Waals surface area (Å²) in [5.74, 6) is 0.246. The fourth-order valence-electron chi connectivity index (χ4n) is 3.59. The van der Waals surface area contributed by atoms with Gasteiger partial charge in [-0.2, -0.15) is 0 Å². The van der Waals surface area contributed by atoms with Gasteiger partial charge in [0.2, 0.25) is 5.91 Å². The Morgan fingerprint density at radius 2 is 2.17 bits per heavy atom. The van der Waals surface area contributed by atoms with Crippen molar-refractivity contribution in [2.24, 2.45) is 0 Å². The van der Waals surface area contributed by atoms with Crippen LogP contribution in [0.4, 0.5) is 0 Å². The molecular formula is C17H27N3OS2. The van der Waals surface area contributed by atoms with Crippen LogP contribution in [0.15, 0.2) is 9.72 Å². The number of nitrogens with one attached hydrogen (secondary N) is 1. The van der Waals surface area contributed by atoms with Crippen molar-refractivity contribution in [3.8, 4) is 0 Å². The molecule has 1 atom stereocenters. The van der Waals surface area contributed by atoms with E-state index in [9.17, 15) is 4.79 Å². The van der Waals surface area contributed by atoms with Gasteiger partial charge in [-0.3, -0.25) is 4.79 Å². The molecule has 1 aromatic rings. The highest BCUT2D eigenvalue weighted by Gasteiger charge is 2.27. The zero-order chi connectivity index (χ0) is 16.2. The molecule has 0 radical (unpaired) electrons. The number of aromatic nitrogens is 1. The van der Waals surface area contributed by atoms with Gasteiger partial charge in [-0.1, -0.05) is 11.8 Å². The van der Waals surface area contributed by atoms with Gasteiger partial charge in [0.05, 0.1) is 0 Å². The smallest absolute Gasteiger partial charge is 0.221 e. The molecule has 2 heterocycles. The normalized spacial score (nSPS) is 28.9. The van der Waals surface area contributed by atoms with Crippen LogP contribution in [0.2, 0.25) is 0 Å². The highest BCUT2D eigenvalue weighted by molar-refractivity contribution is 8.01. The second-order valence-electron chi connectivity index (χ2n) is 6.89. The number of hydrogen-bond acceptors (Lipinski definition) is 5. The molecule has 0 bridgehead atoms. The number of hydrogen-bond donors (Lipinski definition) is 1. The fraction of sp³-hybridized carbons (Fsp3) is 0.765. The number of thiazole rings is 1. The van der Waals surface area contributed by atoms with Gasteiger partial charge in [-0.25, -0.2) is 4.98 Å². The summed E-state index contributed by atoms with van der Waals surface area (Å²) in [5.41, 5.74) is 1.12. The standard InChI is InChI=1S/C17H27N3OS2/c1-12-11-22-17(18-12)23-15-7-5-13(6-8-15)19-16(21)10-14-4-3-9-20(14)2/h11,13-15H,3-10H2,1-2H3,(H,19,21). The summed E-state index contributed by atoms with van der Waals surface area (Å²) in [6, 6.07) is 0.833. The fourth-order valence-corrected chi connectivity index (χ4v) is 5.88. The monoisotopic (exact) mass is 353 g/mol. The molecule has 0 spiro atoms. The van der Waals surface area contributed by atoms with E-state index < -0.39 is 0 Å². The quantitative estimate of drug-likeness (QED) is 0.880. The zero-order valence-corrected chi connectivity index (χ0v) is 15.7. The minimum Gasteiger partial charge on any atom is -0.353 e. The predicted octanol–water partition coefficient (Wildman–Crippen LogP) is 3.46. The van der Waals surface area contributed by atoms with Gasteiger partial charge in [0.25, 0.3) is 0 Å². The third-order valence-corrected chi connectivity index (χ3v) is 7.42. The van der Waals surface area contributed by atoms with E-state index in [0.717, 1.165) is 25.1 Å². The average Bonchev–Trinajstić information content (AvgIpc) is 3.10. The maximum Gasteiger partial charge on any atom is 0.221 e. The van der Waals surface area contributed by atoms with E-state index in [4.69, 9.17) is 0 Å². The topological polar surface area (TPSA) is 45.2 Å². The summed E-state index contributed by atoms with van der Waals surface area (Å²) >= 11 is 3.67. The number of likely N-dealkylation sites (tertiary alicyclic amines) is 1. The van der Waals surface area contributed by atoms with Crippen LogP contribution in [0.3, 0.4) is 0 Å². The van der Waals surface area contributed by atoms with Gasteiger partial charge < -0.3 is 10.2 Å². The van der Waals surface area contributed by atoms with Crippen LogP contribution in [0.5, 0.6) is 0 Å². The molecule has 3 rings (SSSR count). The molecule has 1 aliphatic heterocycles. The number of carbonyl (C=O) groups is 1.